The molecule has 0 bridgehead atoms. The van der Waals surface area contributed by atoms with Gasteiger partial charge in [0.15, 0.2) is 0 Å². The molecule has 112 valence electrons. The average Bonchev–Trinajstić information content (AvgIpc) is 3.23. The van der Waals surface area contributed by atoms with Crippen molar-refractivity contribution >= 4 is 17.7 Å². The number of nitrogens with zero attached hydrogens (tertiary/aromatic N) is 1. The molecule has 0 aromatic carbocycles. The van der Waals surface area contributed by atoms with Crippen LogP contribution in [0.15, 0.2) is 0 Å². The van der Waals surface area contributed by atoms with Crippen molar-refractivity contribution in [3.8, 4) is 0 Å². The summed E-state index contributed by atoms with van der Waals surface area (Å²) >= 11 is 1.71. The topological polar surface area (TPSA) is 58.4 Å². The molecule has 1 aliphatic carbocycles. The number of hydrogen-bond acceptors (Lipinski definition) is 4. The summed E-state index contributed by atoms with van der Waals surface area (Å²) in [5.41, 5.74) is 5.61. The van der Waals surface area contributed by atoms with Crippen LogP contribution in [0.25, 0.3) is 0 Å². The molecule has 1 atom stereocenters. The number of carbonyl (C=O) groups excluding carboxylic acids is 1. The molecule has 1 rings (SSSR count). The van der Waals surface area contributed by atoms with E-state index >= 15 is 0 Å². The molecule has 0 radical (unpaired) electrons. The lowest BCUT2D eigenvalue weighted by Crippen LogP contribution is -2.53. The normalized spacial score (nSPS) is 18.4. The second-order valence-corrected chi connectivity index (χ2v) is 6.63. The van der Waals surface area contributed by atoms with E-state index in [2.05, 4.69) is 31.0 Å². The first-order valence-electron chi connectivity index (χ1n) is 7.36. The zero-order valence-corrected chi connectivity index (χ0v) is 13.4. The van der Waals surface area contributed by atoms with Crippen molar-refractivity contribution in [2.75, 3.05) is 37.7 Å². The van der Waals surface area contributed by atoms with Crippen LogP contribution in [0.5, 0.6) is 0 Å². The SMILES string of the molecule is CCN(CC)CCSCC(=O)NC(C)(CN)C1CC1. The molecule has 0 spiro atoms. The summed E-state index contributed by atoms with van der Waals surface area (Å²) in [7, 11) is 0. The van der Waals surface area contributed by atoms with E-state index in [0.29, 0.717) is 18.2 Å². The summed E-state index contributed by atoms with van der Waals surface area (Å²) in [5.74, 6) is 2.27. The third kappa shape index (κ3) is 5.71. The van der Waals surface area contributed by atoms with Gasteiger partial charge in [0.25, 0.3) is 0 Å². The quantitative estimate of drug-likeness (QED) is 0.595. The van der Waals surface area contributed by atoms with Gasteiger partial charge in [0, 0.05) is 18.8 Å². The van der Waals surface area contributed by atoms with Crippen molar-refractivity contribution < 1.29 is 4.79 Å². The summed E-state index contributed by atoms with van der Waals surface area (Å²) in [4.78, 5) is 14.3. The summed E-state index contributed by atoms with van der Waals surface area (Å²) in [6.45, 7) is 10.2. The van der Waals surface area contributed by atoms with E-state index in [0.717, 1.165) is 25.4 Å². The second kappa shape index (κ2) is 8.12. The summed E-state index contributed by atoms with van der Waals surface area (Å²) in [6.07, 6.45) is 2.40. The third-order valence-electron chi connectivity index (χ3n) is 4.01. The monoisotopic (exact) mass is 287 g/mol. The van der Waals surface area contributed by atoms with Crippen LogP contribution < -0.4 is 11.1 Å². The van der Waals surface area contributed by atoms with Gasteiger partial charge in [0.05, 0.1) is 11.3 Å². The van der Waals surface area contributed by atoms with Crippen molar-refractivity contribution in [1.82, 2.24) is 10.2 Å². The number of hydrogen-bond donors (Lipinski definition) is 2. The maximum absolute atomic E-state index is 11.9. The van der Waals surface area contributed by atoms with Crippen molar-refractivity contribution in [3.63, 3.8) is 0 Å². The molecular formula is C14H29N3OS. The fraction of sp³-hybridized carbons (Fsp3) is 0.929. The zero-order chi connectivity index (χ0) is 14.3. The number of thioether (sulfide) groups is 1. The molecule has 5 heteroatoms. The lowest BCUT2D eigenvalue weighted by molar-refractivity contribution is -0.120. The van der Waals surface area contributed by atoms with Gasteiger partial charge in [-0.15, -0.1) is 0 Å². The molecule has 1 saturated carbocycles. The molecule has 19 heavy (non-hydrogen) atoms. The fourth-order valence-corrected chi connectivity index (χ4v) is 3.08. The first kappa shape index (κ1) is 16.8. The van der Waals surface area contributed by atoms with Crippen LogP contribution in [0.1, 0.15) is 33.6 Å². The average molecular weight is 287 g/mol. The van der Waals surface area contributed by atoms with Gasteiger partial charge in [-0.3, -0.25) is 4.79 Å². The van der Waals surface area contributed by atoms with E-state index in [1.165, 1.54) is 12.8 Å². The van der Waals surface area contributed by atoms with Crippen molar-refractivity contribution in [1.29, 1.82) is 0 Å². The van der Waals surface area contributed by atoms with Gasteiger partial charge in [-0.1, -0.05) is 13.8 Å². The standard InChI is InChI=1S/C14H29N3OS/c1-4-17(5-2)8-9-19-10-13(18)16-14(3,11-15)12-6-7-12/h12H,4-11,15H2,1-3H3,(H,16,18). The Labute approximate surface area is 121 Å². The lowest BCUT2D eigenvalue weighted by Gasteiger charge is -2.29. The summed E-state index contributed by atoms with van der Waals surface area (Å²) in [6, 6.07) is 0. The largest absolute Gasteiger partial charge is 0.349 e. The number of rotatable bonds is 10. The van der Waals surface area contributed by atoms with Crippen molar-refractivity contribution in [3.05, 3.63) is 0 Å². The predicted octanol–water partition coefficient (Wildman–Crippen LogP) is 1.31. The Bertz CT molecular complexity index is 280. The molecule has 0 aromatic rings. The predicted molar refractivity (Wildman–Crippen MR) is 83.4 cm³/mol. The Balaban J connectivity index is 2.17. The molecule has 0 aromatic heterocycles. The number of nitrogens with two attached hydrogens (primary N) is 1. The van der Waals surface area contributed by atoms with Gasteiger partial charge in [-0.05, 0) is 38.8 Å². The molecule has 1 unspecified atom stereocenters. The molecule has 1 amide bonds. The van der Waals surface area contributed by atoms with Crippen LogP contribution in [-0.4, -0.2) is 54.0 Å². The van der Waals surface area contributed by atoms with Gasteiger partial charge >= 0.3 is 0 Å². The van der Waals surface area contributed by atoms with Crippen LogP contribution in [0.4, 0.5) is 0 Å². The van der Waals surface area contributed by atoms with E-state index in [4.69, 9.17) is 5.73 Å². The van der Waals surface area contributed by atoms with Crippen molar-refractivity contribution in [2.45, 2.75) is 39.2 Å². The Morgan fingerprint density at radius 1 is 1.42 bits per heavy atom. The molecule has 4 nitrogen and oxygen atoms in total. The van der Waals surface area contributed by atoms with Gasteiger partial charge < -0.3 is 16.0 Å². The third-order valence-corrected chi connectivity index (χ3v) is 4.94. The van der Waals surface area contributed by atoms with E-state index in [9.17, 15) is 4.79 Å². The Morgan fingerprint density at radius 2 is 2.05 bits per heavy atom. The first-order valence-corrected chi connectivity index (χ1v) is 8.52. The molecular weight excluding hydrogens is 258 g/mol. The molecule has 1 fully saturated rings. The number of nitrogens with one attached hydrogen (secondary N) is 1. The van der Waals surface area contributed by atoms with Crippen LogP contribution in [0.3, 0.4) is 0 Å². The smallest absolute Gasteiger partial charge is 0.230 e. The van der Waals surface area contributed by atoms with Crippen LogP contribution in [0.2, 0.25) is 0 Å². The maximum Gasteiger partial charge on any atom is 0.230 e. The lowest BCUT2D eigenvalue weighted by atomic mass is 9.96. The van der Waals surface area contributed by atoms with Crippen LogP contribution >= 0.6 is 11.8 Å². The summed E-state index contributed by atoms with van der Waals surface area (Å²) in [5, 5.41) is 3.12. The van der Waals surface area contributed by atoms with E-state index in [1.807, 2.05) is 0 Å². The molecule has 0 aliphatic heterocycles. The van der Waals surface area contributed by atoms with Gasteiger partial charge in [-0.2, -0.15) is 11.8 Å². The maximum atomic E-state index is 11.9. The second-order valence-electron chi connectivity index (χ2n) is 5.52. The molecule has 1 aliphatic rings. The van der Waals surface area contributed by atoms with Gasteiger partial charge in [0.2, 0.25) is 5.91 Å². The van der Waals surface area contributed by atoms with E-state index in [-0.39, 0.29) is 11.4 Å². The minimum atomic E-state index is -0.184. The Kier molecular flexibility index (Phi) is 7.18. The van der Waals surface area contributed by atoms with Gasteiger partial charge in [0.1, 0.15) is 0 Å². The highest BCUT2D eigenvalue weighted by Gasteiger charge is 2.41. The van der Waals surface area contributed by atoms with Gasteiger partial charge in [-0.25, -0.2) is 0 Å². The Morgan fingerprint density at radius 3 is 2.53 bits per heavy atom. The highest BCUT2D eigenvalue weighted by Crippen LogP contribution is 2.38. The van der Waals surface area contributed by atoms with Crippen molar-refractivity contribution in [2.24, 2.45) is 11.7 Å². The van der Waals surface area contributed by atoms with Crippen LogP contribution in [-0.2, 0) is 4.79 Å². The van der Waals surface area contributed by atoms with Crippen LogP contribution in [0, 0.1) is 5.92 Å². The number of carbonyl (C=O) groups is 1. The summed E-state index contributed by atoms with van der Waals surface area (Å²) < 4.78 is 0. The minimum absolute atomic E-state index is 0.129. The molecule has 0 heterocycles. The first-order chi connectivity index (χ1) is 9.05. The zero-order valence-electron chi connectivity index (χ0n) is 12.6. The highest BCUT2D eigenvalue weighted by atomic mass is 32.2. The van der Waals surface area contributed by atoms with E-state index in [1.54, 1.807) is 11.8 Å². The fourth-order valence-electron chi connectivity index (χ4n) is 2.29. The van der Waals surface area contributed by atoms with E-state index < -0.39 is 0 Å². The minimum Gasteiger partial charge on any atom is -0.349 e. The Hall–Kier alpha value is -0.260. The molecule has 3 N–H and O–H groups in total. The highest BCUT2D eigenvalue weighted by molar-refractivity contribution is 7.99. The molecule has 0 saturated heterocycles. The number of amides is 1.